The fourth-order valence-corrected chi connectivity index (χ4v) is 2.87. The number of halogens is 2. The van der Waals surface area contributed by atoms with Gasteiger partial charge in [0.25, 0.3) is 0 Å². The Morgan fingerprint density at radius 2 is 1.92 bits per heavy atom. The van der Waals surface area contributed by atoms with Gasteiger partial charge in [-0.15, -0.1) is 0 Å². The molecule has 1 amide bonds. The van der Waals surface area contributed by atoms with E-state index in [1.165, 1.54) is 12.1 Å². The topological polar surface area (TPSA) is 62.7 Å². The molecule has 3 rings (SSSR count). The number of rotatable bonds is 5. The monoisotopic (exact) mass is 390 g/mol. The van der Waals surface area contributed by atoms with Crippen LogP contribution < -0.4 is 5.32 Å². The first kappa shape index (κ1) is 18.3. The van der Waals surface area contributed by atoms with Crippen molar-refractivity contribution in [1.29, 1.82) is 0 Å². The summed E-state index contributed by atoms with van der Waals surface area (Å²) in [5.74, 6) is 0.00961. The summed E-state index contributed by atoms with van der Waals surface area (Å²) in [4.78, 5) is 12.4. The normalized spacial score (nSPS) is 12.0. The van der Waals surface area contributed by atoms with Crippen molar-refractivity contribution < 1.29 is 9.18 Å². The fraction of sp³-hybridized carbons (Fsp3) is 0.167. The van der Waals surface area contributed by atoms with Gasteiger partial charge in [-0.05, 0) is 61.1 Å². The lowest BCUT2D eigenvalue weighted by atomic mass is 10.1. The third-order valence-corrected chi connectivity index (χ3v) is 4.47. The van der Waals surface area contributed by atoms with Crippen molar-refractivity contribution >= 4 is 29.7 Å². The van der Waals surface area contributed by atoms with Crippen LogP contribution in [0.25, 0.3) is 11.4 Å². The number of aromatic amines is 1. The molecule has 0 aliphatic carbocycles. The Bertz CT molecular complexity index is 966. The van der Waals surface area contributed by atoms with E-state index in [1.54, 1.807) is 28.8 Å². The zero-order chi connectivity index (χ0) is 18.7. The number of benzene rings is 2. The minimum atomic E-state index is -0.315. The molecule has 5 nitrogen and oxygen atoms in total. The van der Waals surface area contributed by atoms with Crippen LogP contribution in [0.15, 0.2) is 48.5 Å². The molecule has 1 aromatic heterocycles. The summed E-state index contributed by atoms with van der Waals surface area (Å²) in [7, 11) is 0. The largest absolute Gasteiger partial charge is 0.348 e. The highest BCUT2D eigenvalue weighted by molar-refractivity contribution is 7.71. The molecule has 0 unspecified atom stereocenters. The Labute approximate surface area is 159 Å². The van der Waals surface area contributed by atoms with E-state index < -0.39 is 0 Å². The number of amides is 1. The van der Waals surface area contributed by atoms with Gasteiger partial charge >= 0.3 is 0 Å². The molecule has 2 N–H and O–H groups in total. The molecule has 8 heteroatoms. The first-order chi connectivity index (χ1) is 12.4. The predicted molar refractivity (Wildman–Crippen MR) is 101 cm³/mol. The second-order valence-electron chi connectivity index (χ2n) is 5.79. The fourth-order valence-electron chi connectivity index (χ4n) is 2.55. The molecule has 2 aromatic carbocycles. The van der Waals surface area contributed by atoms with Gasteiger partial charge in [0.05, 0.1) is 6.04 Å². The van der Waals surface area contributed by atoms with Crippen molar-refractivity contribution in [3.05, 3.63) is 69.7 Å². The van der Waals surface area contributed by atoms with E-state index in [0.717, 1.165) is 11.1 Å². The van der Waals surface area contributed by atoms with Gasteiger partial charge in [0.15, 0.2) is 10.6 Å². The summed E-state index contributed by atoms with van der Waals surface area (Å²) in [6, 6.07) is 12.9. The molecule has 1 atom stereocenters. The summed E-state index contributed by atoms with van der Waals surface area (Å²) in [5, 5.41) is 10.4. The highest BCUT2D eigenvalue weighted by atomic mass is 35.5. The average molecular weight is 391 g/mol. The van der Waals surface area contributed by atoms with E-state index in [2.05, 4.69) is 15.5 Å². The van der Waals surface area contributed by atoms with Crippen molar-refractivity contribution in [3.8, 4) is 11.4 Å². The summed E-state index contributed by atoms with van der Waals surface area (Å²) in [6.07, 6.45) is 0. The molecule has 0 aliphatic heterocycles. The van der Waals surface area contributed by atoms with Crippen LogP contribution in [0.3, 0.4) is 0 Å². The maximum absolute atomic E-state index is 13.0. The smallest absolute Gasteiger partial charge is 0.240 e. The molecule has 3 aromatic rings. The third kappa shape index (κ3) is 4.17. The highest BCUT2D eigenvalue weighted by Crippen LogP contribution is 2.20. The van der Waals surface area contributed by atoms with Crippen LogP contribution in [-0.4, -0.2) is 20.7 Å². The van der Waals surface area contributed by atoms with E-state index in [0.29, 0.717) is 15.6 Å². The summed E-state index contributed by atoms with van der Waals surface area (Å²) < 4.78 is 15.0. The van der Waals surface area contributed by atoms with Gasteiger partial charge in [-0.3, -0.25) is 14.5 Å². The lowest BCUT2D eigenvalue weighted by molar-refractivity contribution is -0.122. The summed E-state index contributed by atoms with van der Waals surface area (Å²) >= 11 is 11.1. The van der Waals surface area contributed by atoms with Gasteiger partial charge in [-0.1, -0.05) is 23.7 Å². The number of H-pyrrole nitrogens is 1. The summed E-state index contributed by atoms with van der Waals surface area (Å²) in [6.45, 7) is 1.85. The van der Waals surface area contributed by atoms with Crippen LogP contribution in [0.2, 0.25) is 5.02 Å². The molecule has 0 saturated carbocycles. The molecular formula is C18H16ClFN4OS. The predicted octanol–water partition coefficient (Wildman–Crippen LogP) is 4.28. The molecule has 0 bridgehead atoms. The number of hydrogen-bond donors (Lipinski definition) is 2. The van der Waals surface area contributed by atoms with Gasteiger partial charge in [0, 0.05) is 10.6 Å². The van der Waals surface area contributed by atoms with Crippen LogP contribution in [0, 0.1) is 10.6 Å². The number of hydrogen-bond acceptors (Lipinski definition) is 3. The van der Waals surface area contributed by atoms with E-state index in [1.807, 2.05) is 19.1 Å². The van der Waals surface area contributed by atoms with Crippen LogP contribution in [-0.2, 0) is 11.3 Å². The highest BCUT2D eigenvalue weighted by Gasteiger charge is 2.15. The molecular weight excluding hydrogens is 375 g/mol. The zero-order valence-corrected chi connectivity index (χ0v) is 15.4. The molecule has 0 spiro atoms. The van der Waals surface area contributed by atoms with Crippen LogP contribution in [0.4, 0.5) is 4.39 Å². The molecule has 0 aliphatic rings. The average Bonchev–Trinajstić information content (AvgIpc) is 2.97. The number of carbonyl (C=O) groups excluding carboxylic acids is 1. The molecule has 0 radical (unpaired) electrons. The number of carbonyl (C=O) groups is 1. The van der Waals surface area contributed by atoms with E-state index in [4.69, 9.17) is 23.8 Å². The van der Waals surface area contributed by atoms with Gasteiger partial charge in [-0.25, -0.2) is 4.39 Å². The Kier molecular flexibility index (Phi) is 5.49. The van der Waals surface area contributed by atoms with E-state index in [-0.39, 0.29) is 24.3 Å². The quantitative estimate of drug-likeness (QED) is 0.639. The van der Waals surface area contributed by atoms with Gasteiger partial charge in [0.2, 0.25) is 5.91 Å². The Morgan fingerprint density at radius 1 is 1.27 bits per heavy atom. The third-order valence-electron chi connectivity index (χ3n) is 3.91. The first-order valence-electron chi connectivity index (χ1n) is 7.90. The standard InChI is InChI=1S/C18H16ClFN4OS/c1-11(12-4-8-15(20)9-5-12)21-16(25)10-24-17(22-23-18(24)26)13-2-6-14(19)7-3-13/h2-9,11H,10H2,1H3,(H,21,25)(H,23,26)/t11-/m0/s1. The maximum atomic E-state index is 13.0. The van der Waals surface area contributed by atoms with Crippen molar-refractivity contribution in [2.24, 2.45) is 0 Å². The lowest BCUT2D eigenvalue weighted by Gasteiger charge is -2.15. The SMILES string of the molecule is C[C@H](NC(=O)Cn1c(-c2ccc(Cl)cc2)n[nH]c1=S)c1ccc(F)cc1. The van der Waals surface area contributed by atoms with Gasteiger partial charge in [0.1, 0.15) is 12.4 Å². The van der Waals surface area contributed by atoms with Gasteiger partial charge in [-0.2, -0.15) is 5.10 Å². The number of nitrogens with one attached hydrogen (secondary N) is 2. The molecule has 0 fully saturated rings. The minimum Gasteiger partial charge on any atom is -0.348 e. The number of nitrogens with zero attached hydrogens (tertiary/aromatic N) is 2. The first-order valence-corrected chi connectivity index (χ1v) is 8.68. The van der Waals surface area contributed by atoms with Crippen molar-refractivity contribution in [2.75, 3.05) is 0 Å². The Morgan fingerprint density at radius 3 is 2.58 bits per heavy atom. The van der Waals surface area contributed by atoms with Crippen LogP contribution >= 0.6 is 23.8 Å². The molecule has 1 heterocycles. The van der Waals surface area contributed by atoms with Gasteiger partial charge < -0.3 is 5.32 Å². The summed E-state index contributed by atoms with van der Waals surface area (Å²) in [5.41, 5.74) is 1.61. The van der Waals surface area contributed by atoms with E-state index >= 15 is 0 Å². The van der Waals surface area contributed by atoms with Crippen molar-refractivity contribution in [2.45, 2.75) is 19.5 Å². The molecule has 134 valence electrons. The lowest BCUT2D eigenvalue weighted by Crippen LogP contribution is -2.30. The van der Waals surface area contributed by atoms with Crippen molar-refractivity contribution in [1.82, 2.24) is 20.1 Å². The second-order valence-corrected chi connectivity index (χ2v) is 6.61. The molecule has 0 saturated heterocycles. The maximum Gasteiger partial charge on any atom is 0.240 e. The molecule has 26 heavy (non-hydrogen) atoms. The van der Waals surface area contributed by atoms with Crippen molar-refractivity contribution in [3.63, 3.8) is 0 Å². The van der Waals surface area contributed by atoms with Crippen LogP contribution in [0.1, 0.15) is 18.5 Å². The second kappa shape index (κ2) is 7.80. The van der Waals surface area contributed by atoms with E-state index in [9.17, 15) is 9.18 Å². The zero-order valence-electron chi connectivity index (χ0n) is 13.9. The Balaban J connectivity index is 1.75. The minimum absolute atomic E-state index is 0.0127. The van der Waals surface area contributed by atoms with Crippen LogP contribution in [0.5, 0.6) is 0 Å². The number of aromatic nitrogens is 3. The Hall–Kier alpha value is -2.51.